The molecule has 0 saturated heterocycles. The van der Waals surface area contributed by atoms with Crippen LogP contribution in [0, 0.1) is 13.8 Å². The standard InChI is InChI=1S/C16H16ClNO3S/c1-12-3-7-14(8-4-12)18(11-16(17)19)22(20,21)15-9-5-13(2)6-10-15/h3-10H,11H2,1-2H3. The largest absolute Gasteiger partial charge is 0.279 e. The Kier molecular flexibility index (Phi) is 4.88. The highest BCUT2D eigenvalue weighted by Crippen LogP contribution is 2.24. The lowest BCUT2D eigenvalue weighted by atomic mass is 10.2. The summed E-state index contributed by atoms with van der Waals surface area (Å²) in [4.78, 5) is 11.4. The molecule has 0 bridgehead atoms. The van der Waals surface area contributed by atoms with Gasteiger partial charge in [0.05, 0.1) is 10.6 Å². The zero-order chi connectivity index (χ0) is 16.3. The number of hydrogen-bond donors (Lipinski definition) is 0. The molecule has 0 saturated carbocycles. The molecule has 0 aliphatic heterocycles. The fourth-order valence-corrected chi connectivity index (χ4v) is 3.59. The van der Waals surface area contributed by atoms with E-state index in [1.165, 1.54) is 12.1 Å². The molecule has 0 aliphatic rings. The lowest BCUT2D eigenvalue weighted by molar-refractivity contribution is -0.110. The Morgan fingerprint density at radius 1 is 0.955 bits per heavy atom. The van der Waals surface area contributed by atoms with Crippen molar-refractivity contribution in [1.82, 2.24) is 0 Å². The van der Waals surface area contributed by atoms with Crippen molar-refractivity contribution in [3.05, 3.63) is 59.7 Å². The predicted octanol–water partition coefficient (Wildman–Crippen LogP) is 3.26. The number of carbonyl (C=O) groups is 1. The van der Waals surface area contributed by atoms with Gasteiger partial charge in [0.25, 0.3) is 10.0 Å². The van der Waals surface area contributed by atoms with Crippen molar-refractivity contribution < 1.29 is 13.2 Å². The van der Waals surface area contributed by atoms with E-state index in [1.807, 2.05) is 13.8 Å². The van der Waals surface area contributed by atoms with Crippen molar-refractivity contribution in [2.45, 2.75) is 18.7 Å². The van der Waals surface area contributed by atoms with E-state index >= 15 is 0 Å². The van der Waals surface area contributed by atoms with Crippen LogP contribution in [0.3, 0.4) is 0 Å². The van der Waals surface area contributed by atoms with Gasteiger partial charge in [0, 0.05) is 0 Å². The molecule has 0 atom stereocenters. The second-order valence-corrected chi connectivity index (χ2v) is 7.30. The molecule has 22 heavy (non-hydrogen) atoms. The van der Waals surface area contributed by atoms with Crippen molar-refractivity contribution in [3.63, 3.8) is 0 Å². The van der Waals surface area contributed by atoms with Gasteiger partial charge in [0.2, 0.25) is 5.24 Å². The Labute approximate surface area is 135 Å². The summed E-state index contributed by atoms with van der Waals surface area (Å²) in [6.45, 7) is 3.35. The van der Waals surface area contributed by atoms with Crippen LogP contribution in [-0.4, -0.2) is 20.2 Å². The minimum atomic E-state index is -3.85. The Morgan fingerprint density at radius 2 is 1.41 bits per heavy atom. The molecule has 0 heterocycles. The molecule has 2 aromatic rings. The molecule has 116 valence electrons. The molecule has 0 spiro atoms. The first-order valence-electron chi connectivity index (χ1n) is 6.65. The van der Waals surface area contributed by atoms with Gasteiger partial charge in [-0.1, -0.05) is 35.4 Å². The van der Waals surface area contributed by atoms with Crippen molar-refractivity contribution in [2.24, 2.45) is 0 Å². The number of benzene rings is 2. The lowest BCUT2D eigenvalue weighted by Gasteiger charge is -2.23. The number of aryl methyl sites for hydroxylation is 2. The summed E-state index contributed by atoms with van der Waals surface area (Å²) in [5, 5.41) is -0.740. The van der Waals surface area contributed by atoms with Crippen molar-refractivity contribution in [3.8, 4) is 0 Å². The normalized spacial score (nSPS) is 11.2. The van der Waals surface area contributed by atoms with Crippen molar-refractivity contribution in [1.29, 1.82) is 0 Å². The number of rotatable bonds is 5. The lowest BCUT2D eigenvalue weighted by Crippen LogP contribution is -2.34. The molecule has 0 aromatic heterocycles. The molecule has 0 fully saturated rings. The third-order valence-electron chi connectivity index (χ3n) is 3.20. The molecule has 2 rings (SSSR count). The number of halogens is 1. The van der Waals surface area contributed by atoms with E-state index in [4.69, 9.17) is 11.6 Å². The van der Waals surface area contributed by atoms with Gasteiger partial charge in [-0.05, 0) is 49.7 Å². The van der Waals surface area contributed by atoms with E-state index in [9.17, 15) is 13.2 Å². The number of hydrogen-bond acceptors (Lipinski definition) is 3. The topological polar surface area (TPSA) is 54.5 Å². The average Bonchev–Trinajstić information content (AvgIpc) is 2.46. The van der Waals surface area contributed by atoms with Crippen LogP contribution in [0.5, 0.6) is 0 Å². The zero-order valence-corrected chi connectivity index (χ0v) is 13.9. The SMILES string of the molecule is Cc1ccc(N(CC(=O)Cl)S(=O)(=O)c2ccc(C)cc2)cc1. The number of nitrogens with zero attached hydrogens (tertiary/aromatic N) is 1. The molecule has 0 N–H and O–H groups in total. The summed E-state index contributed by atoms with van der Waals surface area (Å²) in [6.07, 6.45) is 0. The second-order valence-electron chi connectivity index (χ2n) is 5.02. The maximum atomic E-state index is 12.8. The van der Waals surface area contributed by atoms with E-state index in [2.05, 4.69) is 0 Å². The van der Waals surface area contributed by atoms with Crippen LogP contribution in [0.25, 0.3) is 0 Å². The highest BCUT2D eigenvalue weighted by molar-refractivity contribution is 7.92. The smallest absolute Gasteiger partial charge is 0.264 e. The summed E-state index contributed by atoms with van der Waals surface area (Å²) in [7, 11) is -3.85. The molecule has 0 unspecified atom stereocenters. The second kappa shape index (κ2) is 6.50. The van der Waals surface area contributed by atoms with Crippen LogP contribution in [-0.2, 0) is 14.8 Å². The predicted molar refractivity (Wildman–Crippen MR) is 87.7 cm³/mol. The van der Waals surface area contributed by atoms with Crippen LogP contribution in [0.15, 0.2) is 53.4 Å². The first kappa shape index (κ1) is 16.5. The third-order valence-corrected chi connectivity index (χ3v) is 5.11. The Morgan fingerprint density at radius 3 is 1.86 bits per heavy atom. The monoisotopic (exact) mass is 337 g/mol. The molecule has 0 amide bonds. The van der Waals surface area contributed by atoms with Crippen LogP contribution in [0.4, 0.5) is 5.69 Å². The van der Waals surface area contributed by atoms with Crippen LogP contribution < -0.4 is 4.31 Å². The third kappa shape index (κ3) is 3.67. The van der Waals surface area contributed by atoms with Gasteiger partial charge in [-0.15, -0.1) is 0 Å². The zero-order valence-electron chi connectivity index (χ0n) is 12.3. The summed E-state index contributed by atoms with van der Waals surface area (Å²) >= 11 is 5.43. The Balaban J connectivity index is 2.50. The van der Waals surface area contributed by atoms with Gasteiger partial charge in [0.15, 0.2) is 0 Å². The highest BCUT2D eigenvalue weighted by atomic mass is 35.5. The van der Waals surface area contributed by atoms with E-state index in [0.29, 0.717) is 5.69 Å². The maximum Gasteiger partial charge on any atom is 0.264 e. The van der Waals surface area contributed by atoms with Gasteiger partial charge in [-0.2, -0.15) is 0 Å². The van der Waals surface area contributed by atoms with Gasteiger partial charge in [-0.25, -0.2) is 8.42 Å². The van der Waals surface area contributed by atoms with Crippen molar-refractivity contribution >= 4 is 32.6 Å². The number of carbonyl (C=O) groups excluding carboxylic acids is 1. The van der Waals surface area contributed by atoms with E-state index in [1.54, 1.807) is 36.4 Å². The van der Waals surface area contributed by atoms with Crippen LogP contribution >= 0.6 is 11.6 Å². The van der Waals surface area contributed by atoms with E-state index in [0.717, 1.165) is 15.4 Å². The highest BCUT2D eigenvalue weighted by Gasteiger charge is 2.26. The summed E-state index contributed by atoms with van der Waals surface area (Å²) in [5.74, 6) is 0. The first-order valence-corrected chi connectivity index (χ1v) is 8.47. The van der Waals surface area contributed by atoms with Gasteiger partial charge in [-0.3, -0.25) is 9.10 Å². The molecule has 6 heteroatoms. The minimum absolute atomic E-state index is 0.122. The number of sulfonamides is 1. The number of anilines is 1. The summed E-state index contributed by atoms with van der Waals surface area (Å²) in [6, 6.07) is 13.3. The van der Waals surface area contributed by atoms with Crippen LogP contribution in [0.1, 0.15) is 11.1 Å². The summed E-state index contributed by atoms with van der Waals surface area (Å²) in [5.41, 5.74) is 2.35. The molecule has 2 aromatic carbocycles. The van der Waals surface area contributed by atoms with Gasteiger partial charge < -0.3 is 0 Å². The van der Waals surface area contributed by atoms with Gasteiger partial charge >= 0.3 is 0 Å². The molecular formula is C16H16ClNO3S. The quantitative estimate of drug-likeness (QED) is 0.787. The average molecular weight is 338 g/mol. The fraction of sp³-hybridized carbons (Fsp3) is 0.188. The molecular weight excluding hydrogens is 322 g/mol. The van der Waals surface area contributed by atoms with Crippen molar-refractivity contribution in [2.75, 3.05) is 10.8 Å². The maximum absolute atomic E-state index is 12.8. The molecule has 0 radical (unpaired) electrons. The first-order chi connectivity index (χ1) is 10.3. The van der Waals surface area contributed by atoms with E-state index in [-0.39, 0.29) is 4.90 Å². The Bertz CT molecular complexity index is 768. The fourth-order valence-electron chi connectivity index (χ4n) is 1.98. The molecule has 0 aliphatic carbocycles. The Hall–Kier alpha value is -1.85. The van der Waals surface area contributed by atoms with Crippen LogP contribution in [0.2, 0.25) is 0 Å². The molecule has 4 nitrogen and oxygen atoms in total. The van der Waals surface area contributed by atoms with Gasteiger partial charge in [0.1, 0.15) is 6.54 Å². The van der Waals surface area contributed by atoms with E-state index < -0.39 is 21.8 Å². The summed E-state index contributed by atoms with van der Waals surface area (Å²) < 4.78 is 26.6. The minimum Gasteiger partial charge on any atom is -0.279 e.